The first-order valence-corrected chi connectivity index (χ1v) is 8.44. The highest BCUT2D eigenvalue weighted by atomic mass is 32.2. The number of hydrogen-bond donors (Lipinski definition) is 1. The van der Waals surface area contributed by atoms with E-state index in [1.165, 1.54) is 44.9 Å². The summed E-state index contributed by atoms with van der Waals surface area (Å²) >= 11 is 1.89. The SMILES string of the molecule is CCCNC1CCCCC1Sc1nnnn1C1CC1. The van der Waals surface area contributed by atoms with Gasteiger partial charge in [0.05, 0.1) is 6.04 Å². The van der Waals surface area contributed by atoms with E-state index in [1.54, 1.807) is 0 Å². The molecule has 3 rings (SSSR count). The largest absolute Gasteiger partial charge is 0.313 e. The fourth-order valence-electron chi connectivity index (χ4n) is 2.75. The van der Waals surface area contributed by atoms with Crippen molar-refractivity contribution in [3.8, 4) is 0 Å². The van der Waals surface area contributed by atoms with Gasteiger partial charge in [0.1, 0.15) is 0 Å². The molecule has 2 aliphatic rings. The molecule has 0 aliphatic heterocycles. The minimum Gasteiger partial charge on any atom is -0.313 e. The van der Waals surface area contributed by atoms with Crippen LogP contribution in [0.4, 0.5) is 0 Å². The van der Waals surface area contributed by atoms with E-state index < -0.39 is 0 Å². The normalized spacial score (nSPS) is 27.6. The number of hydrogen-bond acceptors (Lipinski definition) is 5. The van der Waals surface area contributed by atoms with Crippen molar-refractivity contribution in [2.45, 2.75) is 74.4 Å². The maximum absolute atomic E-state index is 4.22. The fourth-order valence-corrected chi connectivity index (χ4v) is 4.08. The van der Waals surface area contributed by atoms with Crippen LogP contribution < -0.4 is 5.32 Å². The third-order valence-electron chi connectivity index (χ3n) is 3.97. The molecule has 19 heavy (non-hydrogen) atoms. The van der Waals surface area contributed by atoms with Gasteiger partial charge in [0.25, 0.3) is 0 Å². The predicted octanol–water partition coefficient (Wildman–Crippen LogP) is 2.41. The molecule has 1 N–H and O–H groups in total. The van der Waals surface area contributed by atoms with E-state index in [9.17, 15) is 0 Å². The Balaban J connectivity index is 1.63. The Kier molecular flexibility index (Phi) is 4.38. The lowest BCUT2D eigenvalue weighted by Gasteiger charge is -2.31. The zero-order valence-electron chi connectivity index (χ0n) is 11.6. The van der Waals surface area contributed by atoms with Gasteiger partial charge in [-0.2, -0.15) is 0 Å². The van der Waals surface area contributed by atoms with Crippen molar-refractivity contribution >= 4 is 11.8 Å². The van der Waals surface area contributed by atoms with Crippen molar-refractivity contribution < 1.29 is 0 Å². The second kappa shape index (κ2) is 6.22. The zero-order valence-corrected chi connectivity index (χ0v) is 12.4. The number of rotatable bonds is 6. The van der Waals surface area contributed by atoms with Crippen LogP contribution in [-0.4, -0.2) is 38.0 Å². The number of nitrogens with zero attached hydrogens (tertiary/aromatic N) is 4. The Bertz CT molecular complexity index is 403. The summed E-state index contributed by atoms with van der Waals surface area (Å²) in [5.41, 5.74) is 0. The van der Waals surface area contributed by atoms with Crippen LogP contribution >= 0.6 is 11.8 Å². The molecule has 0 aromatic carbocycles. The van der Waals surface area contributed by atoms with E-state index in [-0.39, 0.29) is 0 Å². The zero-order chi connectivity index (χ0) is 13.1. The van der Waals surface area contributed by atoms with Crippen LogP contribution in [0.3, 0.4) is 0 Å². The van der Waals surface area contributed by atoms with E-state index in [0.717, 1.165) is 11.7 Å². The lowest BCUT2D eigenvalue weighted by atomic mass is 9.95. The summed E-state index contributed by atoms with van der Waals surface area (Å²) in [7, 11) is 0. The van der Waals surface area contributed by atoms with Crippen LogP contribution in [0, 0.1) is 0 Å². The van der Waals surface area contributed by atoms with Crippen LogP contribution in [0.1, 0.15) is 57.9 Å². The van der Waals surface area contributed by atoms with Crippen LogP contribution in [0.15, 0.2) is 5.16 Å². The van der Waals surface area contributed by atoms with Gasteiger partial charge in [0.15, 0.2) is 0 Å². The van der Waals surface area contributed by atoms with Gasteiger partial charge in [-0.3, -0.25) is 0 Å². The fraction of sp³-hybridized carbons (Fsp3) is 0.923. The molecule has 1 aromatic heterocycles. The van der Waals surface area contributed by atoms with Crippen LogP contribution in [0.25, 0.3) is 0 Å². The summed E-state index contributed by atoms with van der Waals surface area (Å²) in [5, 5.41) is 17.6. The predicted molar refractivity (Wildman–Crippen MR) is 76.3 cm³/mol. The Labute approximate surface area is 118 Å². The highest BCUT2D eigenvalue weighted by Crippen LogP contribution is 2.39. The van der Waals surface area contributed by atoms with Crippen molar-refractivity contribution in [3.63, 3.8) is 0 Å². The van der Waals surface area contributed by atoms with Crippen molar-refractivity contribution in [1.29, 1.82) is 0 Å². The molecule has 5 nitrogen and oxygen atoms in total. The molecule has 2 fully saturated rings. The number of thioether (sulfide) groups is 1. The minimum atomic E-state index is 0.572. The molecule has 0 saturated heterocycles. The summed E-state index contributed by atoms with van der Waals surface area (Å²) in [5.74, 6) is 0. The molecule has 0 bridgehead atoms. The molecule has 1 aromatic rings. The number of nitrogens with one attached hydrogen (secondary N) is 1. The highest BCUT2D eigenvalue weighted by Gasteiger charge is 2.31. The van der Waals surface area contributed by atoms with Gasteiger partial charge in [0, 0.05) is 11.3 Å². The van der Waals surface area contributed by atoms with Gasteiger partial charge < -0.3 is 5.32 Å². The maximum Gasteiger partial charge on any atom is 0.209 e. The van der Waals surface area contributed by atoms with Crippen molar-refractivity contribution in [1.82, 2.24) is 25.5 Å². The number of tetrazole rings is 1. The van der Waals surface area contributed by atoms with Crippen molar-refractivity contribution in [2.75, 3.05) is 6.54 Å². The van der Waals surface area contributed by atoms with Gasteiger partial charge in [-0.15, -0.1) is 5.10 Å². The molecular formula is C13H23N5S. The van der Waals surface area contributed by atoms with Crippen molar-refractivity contribution in [3.05, 3.63) is 0 Å². The van der Waals surface area contributed by atoms with Gasteiger partial charge in [0.2, 0.25) is 5.16 Å². The maximum atomic E-state index is 4.22. The third-order valence-corrected chi connectivity index (χ3v) is 5.32. The lowest BCUT2D eigenvalue weighted by Crippen LogP contribution is -2.40. The van der Waals surface area contributed by atoms with Gasteiger partial charge >= 0.3 is 0 Å². The van der Waals surface area contributed by atoms with Gasteiger partial charge in [-0.25, -0.2) is 4.68 Å². The quantitative estimate of drug-likeness (QED) is 0.868. The van der Waals surface area contributed by atoms with E-state index in [4.69, 9.17) is 0 Å². The third kappa shape index (κ3) is 3.28. The second-order valence-electron chi connectivity index (χ2n) is 5.64. The molecule has 2 atom stereocenters. The topological polar surface area (TPSA) is 55.6 Å². The Morgan fingerprint density at radius 3 is 2.89 bits per heavy atom. The summed E-state index contributed by atoms with van der Waals surface area (Å²) < 4.78 is 2.04. The van der Waals surface area contributed by atoms with Crippen LogP contribution in [0.2, 0.25) is 0 Å². The summed E-state index contributed by atoms with van der Waals surface area (Å²) in [4.78, 5) is 0. The average Bonchev–Trinajstić information content (AvgIpc) is 3.18. The first-order valence-electron chi connectivity index (χ1n) is 7.56. The number of aromatic nitrogens is 4. The standard InChI is InChI=1S/C13H23N5S/c1-2-9-14-11-5-3-4-6-12(11)19-13-15-16-17-18(13)10-7-8-10/h10-12,14H,2-9H2,1H3. The molecule has 0 spiro atoms. The van der Waals surface area contributed by atoms with E-state index in [2.05, 4.69) is 27.8 Å². The van der Waals surface area contributed by atoms with Gasteiger partial charge in [-0.1, -0.05) is 31.5 Å². The molecule has 2 aliphatic carbocycles. The van der Waals surface area contributed by atoms with Crippen molar-refractivity contribution in [2.24, 2.45) is 0 Å². The van der Waals surface area contributed by atoms with E-state index >= 15 is 0 Å². The Morgan fingerprint density at radius 2 is 2.11 bits per heavy atom. The smallest absolute Gasteiger partial charge is 0.209 e. The molecule has 2 saturated carbocycles. The summed E-state index contributed by atoms with van der Waals surface area (Å²) in [6.07, 6.45) is 8.94. The molecular weight excluding hydrogens is 258 g/mol. The molecule has 6 heteroatoms. The van der Waals surface area contributed by atoms with E-state index in [0.29, 0.717) is 17.3 Å². The molecule has 106 valence electrons. The Hall–Kier alpha value is -0.620. The first-order chi connectivity index (χ1) is 9.38. The first kappa shape index (κ1) is 13.4. The average molecular weight is 281 g/mol. The molecule has 0 amide bonds. The summed E-state index contributed by atoms with van der Waals surface area (Å²) in [6.45, 7) is 3.35. The molecule has 1 heterocycles. The lowest BCUT2D eigenvalue weighted by molar-refractivity contribution is 0.383. The van der Waals surface area contributed by atoms with Crippen LogP contribution in [0.5, 0.6) is 0 Å². The second-order valence-corrected chi connectivity index (χ2v) is 6.84. The minimum absolute atomic E-state index is 0.572. The Morgan fingerprint density at radius 1 is 1.26 bits per heavy atom. The molecule has 2 unspecified atom stereocenters. The molecule has 0 radical (unpaired) electrons. The monoisotopic (exact) mass is 281 g/mol. The van der Waals surface area contributed by atoms with E-state index in [1.807, 2.05) is 16.4 Å². The van der Waals surface area contributed by atoms with Gasteiger partial charge in [-0.05, 0) is 49.1 Å². The summed E-state index contributed by atoms with van der Waals surface area (Å²) in [6, 6.07) is 1.20. The highest BCUT2D eigenvalue weighted by molar-refractivity contribution is 7.99. The van der Waals surface area contributed by atoms with Crippen LogP contribution in [-0.2, 0) is 0 Å².